The second-order valence-electron chi connectivity index (χ2n) is 4.89. The number of nitrogens with zero attached hydrogens (tertiary/aromatic N) is 2. The maximum atomic E-state index is 12.2. The van der Waals surface area contributed by atoms with Crippen molar-refractivity contribution in [2.24, 2.45) is 7.05 Å². The molecule has 0 saturated carbocycles. The van der Waals surface area contributed by atoms with Gasteiger partial charge in [0.05, 0.1) is 11.7 Å². The molecule has 7 heteroatoms. The first-order valence-electron chi connectivity index (χ1n) is 6.45. The Morgan fingerprint density at radius 3 is 2.52 bits per heavy atom. The molecule has 2 aromatic rings. The third kappa shape index (κ3) is 2.97. The number of aryl methyl sites for hydroxylation is 2. The number of hydrogen-bond donors (Lipinski definition) is 2. The Bertz CT molecular complexity index is 702. The number of rotatable bonds is 4. The van der Waals surface area contributed by atoms with Gasteiger partial charge in [0.25, 0.3) is 5.91 Å². The van der Waals surface area contributed by atoms with E-state index in [2.05, 4.69) is 10.3 Å². The number of amides is 1. The van der Waals surface area contributed by atoms with Gasteiger partial charge in [0.1, 0.15) is 15.6 Å². The van der Waals surface area contributed by atoms with E-state index in [0.29, 0.717) is 16.4 Å². The fraction of sp³-hybridized carbons (Fsp3) is 0.357. The number of carboxylic acid groups (broad SMARTS) is 1. The highest BCUT2D eigenvalue weighted by atomic mass is 32.1. The average molecular weight is 307 g/mol. The molecule has 0 saturated heterocycles. The molecule has 0 fully saturated rings. The van der Waals surface area contributed by atoms with Crippen LogP contribution < -0.4 is 5.32 Å². The lowest BCUT2D eigenvalue weighted by Gasteiger charge is -2.12. The Kier molecular flexibility index (Phi) is 4.13. The Labute approximate surface area is 126 Å². The van der Waals surface area contributed by atoms with Crippen LogP contribution >= 0.6 is 11.3 Å². The summed E-state index contributed by atoms with van der Waals surface area (Å²) >= 11 is 1.09. The van der Waals surface area contributed by atoms with Crippen molar-refractivity contribution >= 4 is 23.2 Å². The van der Waals surface area contributed by atoms with Gasteiger partial charge < -0.3 is 15.0 Å². The second kappa shape index (κ2) is 5.69. The molecule has 6 nitrogen and oxygen atoms in total. The molecule has 1 amide bonds. The van der Waals surface area contributed by atoms with Crippen molar-refractivity contribution in [1.29, 1.82) is 0 Å². The van der Waals surface area contributed by atoms with Crippen LogP contribution in [0.2, 0.25) is 0 Å². The van der Waals surface area contributed by atoms with Gasteiger partial charge in [-0.05, 0) is 32.9 Å². The molecule has 0 aromatic carbocycles. The van der Waals surface area contributed by atoms with Crippen molar-refractivity contribution < 1.29 is 14.7 Å². The normalized spacial score (nSPS) is 12.2. The van der Waals surface area contributed by atoms with E-state index < -0.39 is 5.97 Å². The summed E-state index contributed by atoms with van der Waals surface area (Å²) in [5.41, 5.74) is 2.02. The van der Waals surface area contributed by atoms with Crippen molar-refractivity contribution in [3.63, 3.8) is 0 Å². The van der Waals surface area contributed by atoms with Crippen LogP contribution in [0.3, 0.4) is 0 Å². The molecule has 0 aliphatic heterocycles. The van der Waals surface area contributed by atoms with Crippen molar-refractivity contribution in [2.45, 2.75) is 26.8 Å². The topological polar surface area (TPSA) is 84.2 Å². The molecule has 1 unspecified atom stereocenters. The summed E-state index contributed by atoms with van der Waals surface area (Å²) in [6.45, 7) is 5.36. The third-order valence-corrected chi connectivity index (χ3v) is 4.66. The molecular formula is C14H17N3O3S. The minimum absolute atomic E-state index is 0.206. The zero-order valence-corrected chi connectivity index (χ0v) is 13.1. The quantitative estimate of drug-likeness (QED) is 0.907. The van der Waals surface area contributed by atoms with Gasteiger partial charge in [-0.25, -0.2) is 9.78 Å². The van der Waals surface area contributed by atoms with E-state index in [1.54, 1.807) is 24.5 Å². The number of carboxylic acids is 1. The lowest BCUT2D eigenvalue weighted by Crippen LogP contribution is -2.28. The molecule has 112 valence electrons. The highest BCUT2D eigenvalue weighted by molar-refractivity contribution is 7.13. The number of aromatic nitrogens is 2. The Balaban J connectivity index is 2.16. The van der Waals surface area contributed by atoms with Crippen molar-refractivity contribution in [2.75, 3.05) is 0 Å². The molecule has 1 atom stereocenters. The lowest BCUT2D eigenvalue weighted by molar-refractivity contribution is 0.0701. The smallest absolute Gasteiger partial charge is 0.347 e. The molecule has 2 aromatic heterocycles. The molecule has 2 N–H and O–H groups in total. The van der Waals surface area contributed by atoms with E-state index in [4.69, 9.17) is 5.11 Å². The summed E-state index contributed by atoms with van der Waals surface area (Å²) in [6.07, 6.45) is 0. The van der Waals surface area contributed by atoms with E-state index in [1.165, 1.54) is 0 Å². The van der Waals surface area contributed by atoms with E-state index >= 15 is 0 Å². The van der Waals surface area contributed by atoms with Gasteiger partial charge in [-0.15, -0.1) is 11.3 Å². The van der Waals surface area contributed by atoms with Gasteiger partial charge in [-0.2, -0.15) is 0 Å². The van der Waals surface area contributed by atoms with Crippen LogP contribution in [-0.2, 0) is 7.05 Å². The maximum absolute atomic E-state index is 12.2. The van der Waals surface area contributed by atoms with E-state index in [-0.39, 0.29) is 16.8 Å². The van der Waals surface area contributed by atoms with Crippen LogP contribution in [-0.4, -0.2) is 26.5 Å². The van der Waals surface area contributed by atoms with Crippen LogP contribution in [0, 0.1) is 13.8 Å². The minimum atomic E-state index is -0.993. The van der Waals surface area contributed by atoms with Crippen LogP contribution in [0.25, 0.3) is 0 Å². The predicted molar refractivity (Wildman–Crippen MR) is 79.8 cm³/mol. The Morgan fingerprint density at radius 1 is 1.38 bits per heavy atom. The summed E-state index contributed by atoms with van der Waals surface area (Å²) in [5, 5.41) is 12.5. The number of aromatic carboxylic acids is 1. The molecular weight excluding hydrogens is 290 g/mol. The van der Waals surface area contributed by atoms with Crippen LogP contribution in [0.4, 0.5) is 0 Å². The molecule has 0 spiro atoms. The van der Waals surface area contributed by atoms with Crippen LogP contribution in [0.5, 0.6) is 0 Å². The first-order chi connectivity index (χ1) is 9.81. The number of nitrogens with one attached hydrogen (secondary N) is 1. The lowest BCUT2D eigenvalue weighted by atomic mass is 10.3. The summed E-state index contributed by atoms with van der Waals surface area (Å²) in [4.78, 5) is 27.7. The third-order valence-electron chi connectivity index (χ3n) is 3.33. The SMILES string of the molecule is Cc1nc(C(C)NC(=O)c2ccc(C)n2C)sc1C(=O)O. The molecule has 2 heterocycles. The monoisotopic (exact) mass is 307 g/mol. The highest BCUT2D eigenvalue weighted by Gasteiger charge is 2.20. The summed E-state index contributed by atoms with van der Waals surface area (Å²) in [5.74, 6) is -1.20. The van der Waals surface area contributed by atoms with Gasteiger partial charge in [-0.3, -0.25) is 4.79 Å². The van der Waals surface area contributed by atoms with Crippen LogP contribution in [0.1, 0.15) is 49.5 Å². The Morgan fingerprint density at radius 2 is 2.05 bits per heavy atom. The van der Waals surface area contributed by atoms with E-state index in [9.17, 15) is 9.59 Å². The highest BCUT2D eigenvalue weighted by Crippen LogP contribution is 2.23. The number of hydrogen-bond acceptors (Lipinski definition) is 4. The van der Waals surface area contributed by atoms with Crippen molar-refractivity contribution in [3.05, 3.63) is 39.1 Å². The summed E-state index contributed by atoms with van der Waals surface area (Å²) in [7, 11) is 1.82. The molecule has 0 radical (unpaired) electrons. The van der Waals surface area contributed by atoms with Gasteiger partial charge >= 0.3 is 5.97 Å². The molecule has 0 bridgehead atoms. The van der Waals surface area contributed by atoms with Crippen molar-refractivity contribution in [1.82, 2.24) is 14.9 Å². The fourth-order valence-corrected chi connectivity index (χ4v) is 2.88. The zero-order chi connectivity index (χ0) is 15.7. The number of carbonyl (C=O) groups is 2. The van der Waals surface area contributed by atoms with Crippen molar-refractivity contribution in [3.8, 4) is 0 Å². The number of carbonyl (C=O) groups excluding carboxylic acids is 1. The Hall–Kier alpha value is -2.15. The van der Waals surface area contributed by atoms with Crippen LogP contribution in [0.15, 0.2) is 12.1 Å². The first kappa shape index (κ1) is 15.2. The summed E-state index contributed by atoms with van der Waals surface area (Å²) < 4.78 is 1.80. The molecule has 0 aliphatic rings. The van der Waals surface area contributed by atoms with Gasteiger partial charge in [0.15, 0.2) is 0 Å². The average Bonchev–Trinajstić information content (AvgIpc) is 2.94. The number of thiazole rings is 1. The zero-order valence-electron chi connectivity index (χ0n) is 12.3. The van der Waals surface area contributed by atoms with Gasteiger partial charge in [0, 0.05) is 12.7 Å². The molecule has 21 heavy (non-hydrogen) atoms. The van der Waals surface area contributed by atoms with Gasteiger partial charge in [0.2, 0.25) is 0 Å². The standard InChI is InChI=1S/C14H17N3O3S/c1-7-5-6-10(17(7)4)12(18)15-9(3)13-16-8(2)11(21-13)14(19)20/h5-6,9H,1-4H3,(H,15,18)(H,19,20). The minimum Gasteiger partial charge on any atom is -0.477 e. The van der Waals surface area contributed by atoms with Gasteiger partial charge in [-0.1, -0.05) is 0 Å². The predicted octanol–water partition coefficient (Wildman–Crippen LogP) is 2.29. The first-order valence-corrected chi connectivity index (χ1v) is 7.26. The second-order valence-corrected chi connectivity index (χ2v) is 5.92. The molecule has 0 aliphatic carbocycles. The fourth-order valence-electron chi connectivity index (χ4n) is 1.97. The molecule has 2 rings (SSSR count). The largest absolute Gasteiger partial charge is 0.477 e. The van der Waals surface area contributed by atoms with E-state index in [0.717, 1.165) is 17.0 Å². The summed E-state index contributed by atoms with van der Waals surface area (Å²) in [6, 6.07) is 3.28. The maximum Gasteiger partial charge on any atom is 0.347 e. The van der Waals surface area contributed by atoms with E-state index in [1.807, 2.05) is 20.0 Å².